The van der Waals surface area contributed by atoms with E-state index in [4.69, 9.17) is 4.74 Å². The van der Waals surface area contributed by atoms with Gasteiger partial charge in [-0.3, -0.25) is 4.79 Å². The molecule has 1 aromatic rings. The van der Waals surface area contributed by atoms with Crippen molar-refractivity contribution in [2.45, 2.75) is 12.3 Å². The zero-order chi connectivity index (χ0) is 13.1. The van der Waals surface area contributed by atoms with Gasteiger partial charge in [0.05, 0.1) is 13.0 Å². The first-order valence-electron chi connectivity index (χ1n) is 6.13. The van der Waals surface area contributed by atoms with E-state index in [0.29, 0.717) is 0 Å². The molecular weight excluding hydrogens is 294 g/mol. The van der Waals surface area contributed by atoms with Crippen molar-refractivity contribution in [3.05, 3.63) is 34.3 Å². The molecule has 2 rings (SSSR count). The van der Waals surface area contributed by atoms with Crippen LogP contribution in [0.5, 0.6) is 0 Å². The number of ether oxygens (including phenoxy) is 1. The highest BCUT2D eigenvalue weighted by molar-refractivity contribution is 9.10. The molecular formula is C14H18BrNO2. The standard InChI is InChI=1S/C14H18BrNO2/c1-16-8-7-12(13(9-16)14(17)18-2)10-3-5-11(15)6-4-10/h3-6,12-13H,7-9H2,1-2H3. The van der Waals surface area contributed by atoms with Gasteiger partial charge in [-0.05, 0) is 43.6 Å². The van der Waals surface area contributed by atoms with Crippen LogP contribution in [-0.2, 0) is 9.53 Å². The third-order valence-corrected chi connectivity index (χ3v) is 4.15. The summed E-state index contributed by atoms with van der Waals surface area (Å²) in [5.41, 5.74) is 1.22. The van der Waals surface area contributed by atoms with E-state index in [0.717, 1.165) is 24.0 Å². The number of piperidine rings is 1. The fourth-order valence-corrected chi connectivity index (χ4v) is 2.88. The van der Waals surface area contributed by atoms with E-state index in [9.17, 15) is 4.79 Å². The van der Waals surface area contributed by atoms with Gasteiger partial charge in [-0.1, -0.05) is 28.1 Å². The highest BCUT2D eigenvalue weighted by Gasteiger charge is 2.34. The first-order chi connectivity index (χ1) is 8.61. The van der Waals surface area contributed by atoms with Crippen molar-refractivity contribution < 1.29 is 9.53 Å². The van der Waals surface area contributed by atoms with Gasteiger partial charge >= 0.3 is 5.97 Å². The number of nitrogens with zero attached hydrogens (tertiary/aromatic N) is 1. The van der Waals surface area contributed by atoms with Gasteiger partial charge in [0.1, 0.15) is 0 Å². The lowest BCUT2D eigenvalue weighted by Gasteiger charge is -2.35. The predicted molar refractivity (Wildman–Crippen MR) is 74.5 cm³/mol. The highest BCUT2D eigenvalue weighted by atomic mass is 79.9. The molecule has 1 fully saturated rings. The number of halogens is 1. The Morgan fingerprint density at radius 3 is 2.67 bits per heavy atom. The van der Waals surface area contributed by atoms with Gasteiger partial charge in [0, 0.05) is 11.0 Å². The molecule has 4 heteroatoms. The Hall–Kier alpha value is -0.870. The van der Waals surface area contributed by atoms with Crippen LogP contribution >= 0.6 is 15.9 Å². The molecule has 0 aliphatic carbocycles. The van der Waals surface area contributed by atoms with Crippen LogP contribution < -0.4 is 0 Å². The van der Waals surface area contributed by atoms with Gasteiger partial charge in [-0.25, -0.2) is 0 Å². The molecule has 0 spiro atoms. The minimum atomic E-state index is -0.102. The minimum absolute atomic E-state index is 0.0603. The number of carbonyl (C=O) groups excluding carboxylic acids is 1. The van der Waals surface area contributed by atoms with Crippen molar-refractivity contribution in [1.82, 2.24) is 4.90 Å². The molecule has 98 valence electrons. The highest BCUT2D eigenvalue weighted by Crippen LogP contribution is 2.33. The van der Waals surface area contributed by atoms with Gasteiger partial charge in [-0.2, -0.15) is 0 Å². The van der Waals surface area contributed by atoms with Gasteiger partial charge in [-0.15, -0.1) is 0 Å². The minimum Gasteiger partial charge on any atom is -0.469 e. The van der Waals surface area contributed by atoms with Gasteiger partial charge < -0.3 is 9.64 Å². The lowest BCUT2D eigenvalue weighted by molar-refractivity contribution is -0.148. The van der Waals surface area contributed by atoms with E-state index in [1.807, 2.05) is 19.2 Å². The Kier molecular flexibility index (Phi) is 4.40. The smallest absolute Gasteiger partial charge is 0.310 e. The lowest BCUT2D eigenvalue weighted by Crippen LogP contribution is -2.41. The van der Waals surface area contributed by atoms with Gasteiger partial charge in [0.25, 0.3) is 0 Å². The van der Waals surface area contributed by atoms with Crippen molar-refractivity contribution in [2.75, 3.05) is 27.2 Å². The summed E-state index contributed by atoms with van der Waals surface area (Å²) < 4.78 is 6.00. The Balaban J connectivity index is 2.23. The van der Waals surface area contributed by atoms with Crippen molar-refractivity contribution in [3.8, 4) is 0 Å². The Morgan fingerprint density at radius 1 is 1.39 bits per heavy atom. The zero-order valence-corrected chi connectivity index (χ0v) is 12.3. The predicted octanol–water partition coefficient (Wildman–Crippen LogP) is 2.66. The van der Waals surface area contributed by atoms with Crippen molar-refractivity contribution in [3.63, 3.8) is 0 Å². The number of likely N-dealkylation sites (tertiary alicyclic amines) is 1. The van der Waals surface area contributed by atoms with E-state index in [-0.39, 0.29) is 17.8 Å². The van der Waals surface area contributed by atoms with Crippen molar-refractivity contribution in [1.29, 1.82) is 0 Å². The Morgan fingerprint density at radius 2 is 2.06 bits per heavy atom. The summed E-state index contributed by atoms with van der Waals surface area (Å²) in [5, 5.41) is 0. The number of hydrogen-bond donors (Lipinski definition) is 0. The maximum atomic E-state index is 11.9. The zero-order valence-electron chi connectivity index (χ0n) is 10.7. The molecule has 0 bridgehead atoms. The van der Waals surface area contributed by atoms with E-state index in [2.05, 4.69) is 33.0 Å². The van der Waals surface area contributed by atoms with E-state index in [1.165, 1.54) is 12.7 Å². The second-order valence-electron chi connectivity index (χ2n) is 4.84. The second kappa shape index (κ2) is 5.85. The van der Waals surface area contributed by atoms with Crippen LogP contribution in [-0.4, -0.2) is 38.1 Å². The maximum Gasteiger partial charge on any atom is 0.310 e. The molecule has 2 unspecified atom stereocenters. The monoisotopic (exact) mass is 311 g/mol. The molecule has 2 atom stereocenters. The first-order valence-corrected chi connectivity index (χ1v) is 6.93. The summed E-state index contributed by atoms with van der Waals surface area (Å²) in [7, 11) is 3.52. The fourth-order valence-electron chi connectivity index (χ4n) is 2.61. The van der Waals surface area contributed by atoms with Crippen LogP contribution in [0.3, 0.4) is 0 Å². The summed E-state index contributed by atoms with van der Waals surface area (Å²) >= 11 is 3.44. The molecule has 1 aliphatic heterocycles. The maximum absolute atomic E-state index is 11.9. The van der Waals surface area contributed by atoms with Gasteiger partial charge in [0.2, 0.25) is 0 Å². The Labute approximate surface area is 116 Å². The van der Waals surface area contributed by atoms with E-state index in [1.54, 1.807) is 0 Å². The molecule has 0 radical (unpaired) electrons. The molecule has 0 aromatic heterocycles. The summed E-state index contributed by atoms with van der Waals surface area (Å²) in [4.78, 5) is 14.1. The molecule has 1 aromatic carbocycles. The first kappa shape index (κ1) is 13.6. The molecule has 0 saturated carbocycles. The van der Waals surface area contributed by atoms with Crippen molar-refractivity contribution in [2.24, 2.45) is 5.92 Å². The van der Waals surface area contributed by atoms with E-state index < -0.39 is 0 Å². The lowest BCUT2D eigenvalue weighted by atomic mass is 9.80. The summed E-state index contributed by atoms with van der Waals surface area (Å²) in [6, 6.07) is 8.25. The summed E-state index contributed by atoms with van der Waals surface area (Å²) in [5.74, 6) is 0.103. The Bertz CT molecular complexity index is 418. The number of hydrogen-bond acceptors (Lipinski definition) is 3. The average Bonchev–Trinajstić information content (AvgIpc) is 2.39. The third kappa shape index (κ3) is 2.93. The normalized spacial score (nSPS) is 24.8. The molecule has 3 nitrogen and oxygen atoms in total. The summed E-state index contributed by atoms with van der Waals surface area (Å²) in [6.07, 6.45) is 0.998. The number of methoxy groups -OCH3 is 1. The topological polar surface area (TPSA) is 29.5 Å². The van der Waals surface area contributed by atoms with Crippen LogP contribution in [0.4, 0.5) is 0 Å². The number of esters is 1. The number of benzene rings is 1. The largest absolute Gasteiger partial charge is 0.469 e. The average molecular weight is 312 g/mol. The molecule has 0 amide bonds. The molecule has 1 aliphatic rings. The third-order valence-electron chi connectivity index (χ3n) is 3.62. The van der Waals surface area contributed by atoms with Crippen LogP contribution in [0.1, 0.15) is 17.9 Å². The molecule has 1 saturated heterocycles. The quantitative estimate of drug-likeness (QED) is 0.786. The molecule has 0 N–H and O–H groups in total. The second-order valence-corrected chi connectivity index (χ2v) is 5.75. The van der Waals surface area contributed by atoms with Crippen LogP contribution in [0.2, 0.25) is 0 Å². The van der Waals surface area contributed by atoms with Crippen molar-refractivity contribution >= 4 is 21.9 Å². The van der Waals surface area contributed by atoms with Crippen LogP contribution in [0, 0.1) is 5.92 Å². The number of carbonyl (C=O) groups is 1. The SMILES string of the molecule is COC(=O)C1CN(C)CCC1c1ccc(Br)cc1. The summed E-state index contributed by atoms with van der Waals surface area (Å²) in [6.45, 7) is 1.79. The van der Waals surface area contributed by atoms with Crippen LogP contribution in [0.15, 0.2) is 28.7 Å². The number of rotatable bonds is 2. The molecule has 1 heterocycles. The fraction of sp³-hybridized carbons (Fsp3) is 0.500. The van der Waals surface area contributed by atoms with Crippen LogP contribution in [0.25, 0.3) is 0 Å². The van der Waals surface area contributed by atoms with E-state index >= 15 is 0 Å². The molecule has 18 heavy (non-hydrogen) atoms. The van der Waals surface area contributed by atoms with Gasteiger partial charge in [0.15, 0.2) is 0 Å².